The van der Waals surface area contributed by atoms with Crippen LogP contribution >= 0.6 is 0 Å². The largest absolute Gasteiger partial charge is 0.469 e. The first-order chi connectivity index (χ1) is 3.85. The van der Waals surface area contributed by atoms with Gasteiger partial charge in [-0.1, -0.05) is 0 Å². The molecule has 9 heavy (non-hydrogen) atoms. The van der Waals surface area contributed by atoms with Crippen molar-refractivity contribution < 1.29 is 18.0 Å². The minimum atomic E-state index is -4.66. The summed E-state index contributed by atoms with van der Waals surface area (Å²) >= 11 is 0. The van der Waals surface area contributed by atoms with Gasteiger partial charge in [0.2, 0.25) is 0 Å². The highest BCUT2D eigenvalue weighted by Crippen LogP contribution is 2.15. The number of carbonyl (C=O) groups excluding carboxylic acids is 1. The third-order valence-corrected chi connectivity index (χ3v) is 1.46. The topological polar surface area (TPSA) is 20.3 Å². The number of hydrogen-bond acceptors (Lipinski definition) is 1. The van der Waals surface area contributed by atoms with Crippen molar-refractivity contribution in [1.82, 2.24) is 4.23 Å². The Morgan fingerprint density at radius 3 is 1.67 bits per heavy atom. The van der Waals surface area contributed by atoms with Gasteiger partial charge < -0.3 is 4.23 Å². The van der Waals surface area contributed by atoms with Gasteiger partial charge in [-0.2, -0.15) is 13.2 Å². The molecule has 0 unspecified atom stereocenters. The molecule has 7 heteroatoms. The van der Waals surface area contributed by atoms with Crippen LogP contribution in [-0.4, -0.2) is 37.1 Å². The lowest BCUT2D eigenvalue weighted by molar-refractivity contribution is -0.176. The summed E-state index contributed by atoms with van der Waals surface area (Å²) in [6.45, 7) is 0. The Balaban J connectivity index is 4.06. The van der Waals surface area contributed by atoms with Gasteiger partial charge in [0.15, 0.2) is 0 Å². The molecule has 0 saturated carbocycles. The van der Waals surface area contributed by atoms with Gasteiger partial charge in [-0.25, -0.2) is 0 Å². The van der Waals surface area contributed by atoms with Crippen LogP contribution in [-0.2, 0) is 4.79 Å². The summed E-state index contributed by atoms with van der Waals surface area (Å²) in [7, 11) is 0.318. The standard InChI is InChI=1S/C2H6F3NOSi2/c3-2(4,5)1(7)6(8)9/h8-9H3. The minimum absolute atomic E-state index is 0.159. The van der Waals surface area contributed by atoms with E-state index in [9.17, 15) is 18.0 Å². The summed E-state index contributed by atoms with van der Waals surface area (Å²) in [5.74, 6) is -1.71. The molecule has 0 bridgehead atoms. The van der Waals surface area contributed by atoms with E-state index in [0.29, 0.717) is 0 Å². The average molecular weight is 173 g/mol. The molecular formula is C2H6F3NOSi2. The van der Waals surface area contributed by atoms with Gasteiger partial charge in [0.1, 0.15) is 20.8 Å². The number of halogens is 3. The average Bonchev–Trinajstić information content (AvgIpc) is 1.62. The zero-order valence-electron chi connectivity index (χ0n) is 4.99. The number of hydrogen-bond donors (Lipinski definition) is 0. The fraction of sp³-hybridized carbons (Fsp3) is 0.500. The number of carbonyl (C=O) groups is 1. The van der Waals surface area contributed by atoms with Crippen LogP contribution in [0, 0.1) is 0 Å². The highest BCUT2D eigenvalue weighted by atomic mass is 28.2. The maximum absolute atomic E-state index is 11.4. The van der Waals surface area contributed by atoms with Gasteiger partial charge in [-0.15, -0.1) is 0 Å². The Labute approximate surface area is 56.0 Å². The van der Waals surface area contributed by atoms with E-state index in [1.165, 1.54) is 0 Å². The molecule has 0 saturated heterocycles. The van der Waals surface area contributed by atoms with E-state index < -0.39 is 12.1 Å². The minimum Gasteiger partial charge on any atom is -0.404 e. The molecule has 0 atom stereocenters. The second-order valence-corrected chi connectivity index (χ2v) is 6.17. The summed E-state index contributed by atoms with van der Waals surface area (Å²) in [5, 5.41) is 0. The molecule has 0 aliphatic carbocycles. The molecule has 1 amide bonds. The van der Waals surface area contributed by atoms with Crippen molar-refractivity contribution in [1.29, 1.82) is 0 Å². The van der Waals surface area contributed by atoms with Gasteiger partial charge in [0, 0.05) is 0 Å². The molecule has 2 nitrogen and oxygen atoms in total. The van der Waals surface area contributed by atoms with Gasteiger partial charge in [-0.05, 0) is 0 Å². The Bertz CT molecular complexity index is 121. The first-order valence-corrected chi connectivity index (χ1v) is 3.93. The van der Waals surface area contributed by atoms with Crippen molar-refractivity contribution in [3.05, 3.63) is 0 Å². The first-order valence-electron chi connectivity index (χ1n) is 2.14. The predicted octanol–water partition coefficient (Wildman–Crippen LogP) is -2.06. The molecule has 0 N–H and O–H groups in total. The lowest BCUT2D eigenvalue weighted by Gasteiger charge is -2.12. The van der Waals surface area contributed by atoms with Crippen LogP contribution in [0.5, 0.6) is 0 Å². The number of alkyl halides is 3. The van der Waals surface area contributed by atoms with Crippen molar-refractivity contribution >= 4 is 26.7 Å². The highest BCUT2D eigenvalue weighted by Gasteiger charge is 2.39. The van der Waals surface area contributed by atoms with E-state index in [-0.39, 0.29) is 20.8 Å². The Morgan fingerprint density at radius 2 is 1.67 bits per heavy atom. The van der Waals surface area contributed by atoms with E-state index in [0.717, 1.165) is 4.23 Å². The third kappa shape index (κ3) is 2.65. The molecule has 0 aromatic carbocycles. The smallest absolute Gasteiger partial charge is 0.404 e. The molecule has 0 spiro atoms. The lowest BCUT2D eigenvalue weighted by atomic mass is 10.6. The zero-order chi connectivity index (χ0) is 7.65. The van der Waals surface area contributed by atoms with E-state index in [4.69, 9.17) is 0 Å². The van der Waals surface area contributed by atoms with Crippen molar-refractivity contribution in [2.75, 3.05) is 0 Å². The van der Waals surface area contributed by atoms with Crippen molar-refractivity contribution in [2.24, 2.45) is 0 Å². The summed E-state index contributed by atoms with van der Waals surface area (Å²) in [6, 6.07) is 0. The van der Waals surface area contributed by atoms with Crippen LogP contribution in [0.1, 0.15) is 0 Å². The summed E-state index contributed by atoms with van der Waals surface area (Å²) in [4.78, 5) is 10.0. The fourth-order valence-corrected chi connectivity index (χ4v) is 0.761. The van der Waals surface area contributed by atoms with E-state index in [1.807, 2.05) is 0 Å². The number of rotatable bonds is 0. The van der Waals surface area contributed by atoms with E-state index >= 15 is 0 Å². The van der Waals surface area contributed by atoms with Crippen molar-refractivity contribution in [3.8, 4) is 0 Å². The molecule has 0 aliphatic rings. The molecule has 0 fully saturated rings. The Kier molecular flexibility index (Phi) is 2.44. The van der Waals surface area contributed by atoms with Gasteiger partial charge >= 0.3 is 12.1 Å². The maximum atomic E-state index is 11.4. The number of amides is 1. The second-order valence-electron chi connectivity index (χ2n) is 1.70. The molecule has 54 valence electrons. The molecule has 0 radical (unpaired) electrons. The SMILES string of the molecule is O=C(N([SiH3])[SiH3])C(F)(F)F. The third-order valence-electron chi connectivity index (χ3n) is 0.649. The van der Waals surface area contributed by atoms with Crippen LogP contribution < -0.4 is 0 Å². The molecular weight excluding hydrogens is 167 g/mol. The first kappa shape index (κ1) is 8.69. The Hall–Kier alpha value is -0.306. The van der Waals surface area contributed by atoms with Crippen molar-refractivity contribution in [3.63, 3.8) is 0 Å². The molecule has 0 aromatic heterocycles. The van der Waals surface area contributed by atoms with Crippen LogP contribution in [0.15, 0.2) is 0 Å². The summed E-state index contributed by atoms with van der Waals surface area (Å²) in [6.07, 6.45) is -4.66. The van der Waals surface area contributed by atoms with Crippen LogP contribution in [0.3, 0.4) is 0 Å². The van der Waals surface area contributed by atoms with Crippen LogP contribution in [0.25, 0.3) is 0 Å². The van der Waals surface area contributed by atoms with Gasteiger partial charge in [-0.3, -0.25) is 4.79 Å². The molecule has 0 aliphatic heterocycles. The normalized spacial score (nSPS) is 11.9. The zero-order valence-corrected chi connectivity index (χ0v) is 8.99. The van der Waals surface area contributed by atoms with Crippen molar-refractivity contribution in [2.45, 2.75) is 6.18 Å². The second kappa shape index (κ2) is 2.52. The van der Waals surface area contributed by atoms with Crippen LogP contribution in [0.2, 0.25) is 0 Å². The molecule has 0 rings (SSSR count). The maximum Gasteiger partial charge on any atom is 0.469 e. The summed E-state index contributed by atoms with van der Waals surface area (Å²) < 4.78 is 34.8. The molecule has 0 aromatic rings. The predicted molar refractivity (Wildman–Crippen MR) is 32.8 cm³/mol. The molecule has 0 heterocycles. The number of nitrogens with zero attached hydrogens (tertiary/aromatic N) is 1. The van der Waals surface area contributed by atoms with Gasteiger partial charge in [0.05, 0.1) is 0 Å². The van der Waals surface area contributed by atoms with E-state index in [2.05, 4.69) is 0 Å². The summed E-state index contributed by atoms with van der Waals surface area (Å²) in [5.41, 5.74) is 0. The van der Waals surface area contributed by atoms with E-state index in [1.54, 1.807) is 0 Å². The fourth-order valence-electron chi connectivity index (χ4n) is 0.254. The lowest BCUT2D eigenvalue weighted by Crippen LogP contribution is -2.37. The monoisotopic (exact) mass is 173 g/mol. The highest BCUT2D eigenvalue weighted by molar-refractivity contribution is 6.34. The quantitative estimate of drug-likeness (QED) is 0.386. The van der Waals surface area contributed by atoms with Gasteiger partial charge in [0.25, 0.3) is 0 Å². The van der Waals surface area contributed by atoms with Crippen LogP contribution in [0.4, 0.5) is 13.2 Å². The Morgan fingerprint density at radius 1 is 1.33 bits per heavy atom.